The van der Waals surface area contributed by atoms with Crippen LogP contribution in [0.15, 0.2) is 0 Å². The summed E-state index contributed by atoms with van der Waals surface area (Å²) in [6.07, 6.45) is 0.625. The summed E-state index contributed by atoms with van der Waals surface area (Å²) < 4.78 is 0. The number of hydrogen-bond acceptors (Lipinski definition) is 2. The molecule has 4 nitrogen and oxygen atoms in total. The van der Waals surface area contributed by atoms with Gasteiger partial charge in [0.1, 0.15) is 0 Å². The molecule has 0 aromatic heterocycles. The zero-order chi connectivity index (χ0) is 6.99. The van der Waals surface area contributed by atoms with Crippen molar-refractivity contribution >= 4 is 12.4 Å². The second-order valence-electron chi connectivity index (χ2n) is 0.926. The molecule has 0 fully saturated rings. The summed E-state index contributed by atoms with van der Waals surface area (Å²) in [7, 11) is 1.56. The van der Waals surface area contributed by atoms with Gasteiger partial charge < -0.3 is 10.4 Å². The molecule has 0 bridgehead atoms. The van der Waals surface area contributed by atoms with E-state index in [1.807, 2.05) is 0 Å². The smallest absolute Gasteiger partial charge is 0.300 e. The number of carboxylic acids is 1. The van der Waals surface area contributed by atoms with Crippen LogP contribution in [0.4, 0.5) is 0 Å². The van der Waals surface area contributed by atoms with Crippen LogP contribution in [-0.4, -0.2) is 24.5 Å². The molecule has 0 aliphatic rings. The third kappa shape index (κ3) is 21300. The Morgan fingerprint density at radius 1 is 1.75 bits per heavy atom. The summed E-state index contributed by atoms with van der Waals surface area (Å²) in [5.41, 5.74) is 0. The number of hydrogen-bond donors (Lipinski definition) is 2. The van der Waals surface area contributed by atoms with E-state index in [0.29, 0.717) is 6.41 Å². The van der Waals surface area contributed by atoms with Gasteiger partial charge in [-0.25, -0.2) is 0 Å². The Morgan fingerprint density at radius 3 is 1.88 bits per heavy atom. The van der Waals surface area contributed by atoms with E-state index in [0.717, 1.165) is 6.92 Å². The topological polar surface area (TPSA) is 66.4 Å². The summed E-state index contributed by atoms with van der Waals surface area (Å²) in [6, 6.07) is 0. The predicted octanol–water partition coefficient (Wildman–Crippen LogP) is -0.547. The number of rotatable bonds is 1. The molecule has 0 atom stereocenters. The Labute approximate surface area is 47.5 Å². The molecule has 0 aromatic carbocycles. The summed E-state index contributed by atoms with van der Waals surface area (Å²) >= 11 is 0. The van der Waals surface area contributed by atoms with Crippen LogP contribution in [0.2, 0.25) is 0 Å². The Hall–Kier alpha value is -1.06. The number of amides is 1. The number of aliphatic carboxylic acids is 1. The lowest BCUT2D eigenvalue weighted by molar-refractivity contribution is -0.134. The number of carboxylic acid groups (broad SMARTS) is 1. The van der Waals surface area contributed by atoms with Crippen molar-refractivity contribution < 1.29 is 14.7 Å². The van der Waals surface area contributed by atoms with Crippen LogP contribution >= 0.6 is 0 Å². The van der Waals surface area contributed by atoms with Crippen LogP contribution in [0.1, 0.15) is 6.92 Å². The van der Waals surface area contributed by atoms with Crippen LogP contribution in [0.5, 0.6) is 0 Å². The van der Waals surface area contributed by atoms with E-state index < -0.39 is 5.97 Å². The van der Waals surface area contributed by atoms with E-state index in [9.17, 15) is 0 Å². The molecule has 0 heterocycles. The molecule has 0 aliphatic carbocycles. The Bertz CT molecular complexity index is 67.7. The van der Waals surface area contributed by atoms with Crippen molar-refractivity contribution in [1.29, 1.82) is 0 Å². The maximum atomic E-state index is 9.06. The van der Waals surface area contributed by atoms with Gasteiger partial charge in [-0.15, -0.1) is 0 Å². The molecule has 0 saturated carbocycles. The molecule has 0 aromatic rings. The van der Waals surface area contributed by atoms with Crippen LogP contribution in [0, 0.1) is 0 Å². The quantitative estimate of drug-likeness (QED) is 0.455. The first-order valence-corrected chi connectivity index (χ1v) is 1.95. The molecule has 0 radical (unpaired) electrons. The highest BCUT2D eigenvalue weighted by Crippen LogP contribution is 1.42. The minimum absolute atomic E-state index is 0.625. The van der Waals surface area contributed by atoms with Gasteiger partial charge in [0.15, 0.2) is 0 Å². The highest BCUT2D eigenvalue weighted by atomic mass is 16.4. The zero-order valence-corrected chi connectivity index (χ0v) is 4.84. The largest absolute Gasteiger partial charge is 0.481 e. The Kier molecular flexibility index (Phi) is 11.7. The van der Waals surface area contributed by atoms with Crippen molar-refractivity contribution in [2.75, 3.05) is 7.05 Å². The van der Waals surface area contributed by atoms with Gasteiger partial charge in [0.2, 0.25) is 6.41 Å². The minimum Gasteiger partial charge on any atom is -0.481 e. The van der Waals surface area contributed by atoms with Crippen molar-refractivity contribution in [2.24, 2.45) is 0 Å². The molecule has 8 heavy (non-hydrogen) atoms. The minimum atomic E-state index is -0.833. The number of nitrogens with one attached hydrogen (secondary N) is 1. The fourth-order valence-corrected chi connectivity index (χ4v) is 0. The maximum Gasteiger partial charge on any atom is 0.300 e. The molecule has 0 rings (SSSR count). The predicted molar refractivity (Wildman–Crippen MR) is 28.4 cm³/mol. The van der Waals surface area contributed by atoms with Gasteiger partial charge in [-0.2, -0.15) is 0 Å². The molecule has 0 aliphatic heterocycles. The van der Waals surface area contributed by atoms with Crippen LogP contribution in [0.3, 0.4) is 0 Å². The van der Waals surface area contributed by atoms with Crippen molar-refractivity contribution in [2.45, 2.75) is 6.92 Å². The first-order chi connectivity index (χ1) is 3.65. The second kappa shape index (κ2) is 9.34. The summed E-state index contributed by atoms with van der Waals surface area (Å²) in [5.74, 6) is -0.833. The molecular formula is C4H9NO3. The van der Waals surface area contributed by atoms with Gasteiger partial charge >= 0.3 is 0 Å². The van der Waals surface area contributed by atoms with E-state index in [-0.39, 0.29) is 0 Å². The molecule has 48 valence electrons. The summed E-state index contributed by atoms with van der Waals surface area (Å²) in [4.78, 5) is 18.1. The lowest BCUT2D eigenvalue weighted by Crippen LogP contribution is -1.98. The molecule has 1 amide bonds. The molecule has 0 spiro atoms. The van der Waals surface area contributed by atoms with Gasteiger partial charge in [-0.1, -0.05) is 0 Å². The van der Waals surface area contributed by atoms with Gasteiger partial charge in [0.25, 0.3) is 5.97 Å². The van der Waals surface area contributed by atoms with E-state index in [2.05, 4.69) is 5.32 Å². The molecule has 4 heteroatoms. The van der Waals surface area contributed by atoms with Crippen molar-refractivity contribution in [1.82, 2.24) is 5.32 Å². The molecule has 0 unspecified atom stereocenters. The standard InChI is InChI=1S/C2H5NO.C2H4O2/c1-3-2-4;1-2(3)4/h2H,1H3,(H,3,4);1H3,(H,3,4). The lowest BCUT2D eigenvalue weighted by atomic mass is 10.9. The third-order valence-electron chi connectivity index (χ3n) is 0.118. The average molecular weight is 119 g/mol. The SMILES string of the molecule is CC(=O)O.CNC=O. The van der Waals surface area contributed by atoms with E-state index in [1.54, 1.807) is 7.05 Å². The van der Waals surface area contributed by atoms with Gasteiger partial charge in [0, 0.05) is 14.0 Å². The first kappa shape index (κ1) is 10.0. The third-order valence-corrected chi connectivity index (χ3v) is 0.118. The molecular weight excluding hydrogens is 110 g/mol. The fraction of sp³-hybridized carbons (Fsp3) is 0.500. The van der Waals surface area contributed by atoms with Crippen LogP contribution < -0.4 is 5.32 Å². The average Bonchev–Trinajstić information content (AvgIpc) is 1.65. The number of carbonyl (C=O) groups excluding carboxylic acids is 1. The summed E-state index contributed by atoms with van der Waals surface area (Å²) in [6.45, 7) is 1.08. The van der Waals surface area contributed by atoms with E-state index >= 15 is 0 Å². The van der Waals surface area contributed by atoms with Gasteiger partial charge in [-0.05, 0) is 0 Å². The van der Waals surface area contributed by atoms with Crippen LogP contribution in [0.25, 0.3) is 0 Å². The zero-order valence-electron chi connectivity index (χ0n) is 4.84. The maximum absolute atomic E-state index is 9.06. The molecule has 2 N–H and O–H groups in total. The van der Waals surface area contributed by atoms with Crippen LogP contribution in [-0.2, 0) is 9.59 Å². The molecule has 0 saturated heterocycles. The van der Waals surface area contributed by atoms with E-state index in [4.69, 9.17) is 14.7 Å². The van der Waals surface area contributed by atoms with Gasteiger partial charge in [-0.3, -0.25) is 9.59 Å². The highest BCUT2D eigenvalue weighted by Gasteiger charge is 1.65. The van der Waals surface area contributed by atoms with Crippen molar-refractivity contribution in [3.8, 4) is 0 Å². The fourth-order valence-electron chi connectivity index (χ4n) is 0. The van der Waals surface area contributed by atoms with E-state index in [1.165, 1.54) is 0 Å². The monoisotopic (exact) mass is 119 g/mol. The Balaban J connectivity index is 0. The highest BCUT2D eigenvalue weighted by molar-refractivity contribution is 5.62. The summed E-state index contributed by atoms with van der Waals surface area (Å²) in [5, 5.41) is 9.67. The normalized spacial score (nSPS) is 5.75. The second-order valence-corrected chi connectivity index (χ2v) is 0.926. The Morgan fingerprint density at radius 2 is 1.88 bits per heavy atom. The van der Waals surface area contributed by atoms with Gasteiger partial charge in [0.05, 0.1) is 0 Å². The van der Waals surface area contributed by atoms with Crippen molar-refractivity contribution in [3.63, 3.8) is 0 Å². The number of carbonyl (C=O) groups is 2. The lowest BCUT2D eigenvalue weighted by Gasteiger charge is -1.64. The van der Waals surface area contributed by atoms with Crippen molar-refractivity contribution in [3.05, 3.63) is 0 Å². The first-order valence-electron chi connectivity index (χ1n) is 1.95.